The Bertz CT molecular complexity index is 1240. The molecule has 196 valence electrons. The molecule has 37 heavy (non-hydrogen) atoms. The van der Waals surface area contributed by atoms with Gasteiger partial charge in [0.15, 0.2) is 0 Å². The number of aromatic nitrogens is 3. The van der Waals surface area contributed by atoms with Crippen molar-refractivity contribution in [2.45, 2.75) is 63.3 Å². The number of nitrogens with one attached hydrogen (secondary N) is 1. The van der Waals surface area contributed by atoms with Gasteiger partial charge < -0.3 is 14.8 Å². The van der Waals surface area contributed by atoms with Crippen LogP contribution in [-0.2, 0) is 10.9 Å². The number of nitrogens with zero attached hydrogens (tertiary/aromatic N) is 3. The van der Waals surface area contributed by atoms with Gasteiger partial charge in [-0.25, -0.2) is 15.0 Å². The normalized spacial score (nSPS) is 18.9. The van der Waals surface area contributed by atoms with Crippen LogP contribution in [0.2, 0.25) is 0 Å². The molecule has 1 aliphatic heterocycles. The molecule has 1 saturated carbocycles. The summed E-state index contributed by atoms with van der Waals surface area (Å²) in [4.78, 5) is 25.8. The maximum Gasteiger partial charge on any atom is 0.451 e. The highest BCUT2D eigenvalue weighted by molar-refractivity contribution is 7.15. The minimum absolute atomic E-state index is 0.0192. The van der Waals surface area contributed by atoms with E-state index >= 15 is 0 Å². The fraction of sp³-hybridized carbons (Fsp3) is 0.462. The molecule has 1 saturated heterocycles. The van der Waals surface area contributed by atoms with E-state index in [2.05, 4.69) is 20.3 Å². The van der Waals surface area contributed by atoms with Gasteiger partial charge >= 0.3 is 6.18 Å². The summed E-state index contributed by atoms with van der Waals surface area (Å²) < 4.78 is 50.0. The molecule has 0 spiro atoms. The van der Waals surface area contributed by atoms with E-state index in [-0.39, 0.29) is 6.10 Å². The Morgan fingerprint density at radius 1 is 1.14 bits per heavy atom. The van der Waals surface area contributed by atoms with Gasteiger partial charge in [0.1, 0.15) is 17.4 Å². The Kier molecular flexibility index (Phi) is 7.43. The summed E-state index contributed by atoms with van der Waals surface area (Å²) in [7, 11) is 0. The lowest BCUT2D eigenvalue weighted by atomic mass is 9.85. The van der Waals surface area contributed by atoms with Gasteiger partial charge in [0.05, 0.1) is 12.1 Å². The highest BCUT2D eigenvalue weighted by Crippen LogP contribution is 2.41. The van der Waals surface area contributed by atoms with E-state index in [4.69, 9.17) is 9.47 Å². The van der Waals surface area contributed by atoms with Crippen molar-refractivity contribution < 1.29 is 27.4 Å². The average Bonchev–Trinajstić information content (AvgIpc) is 3.54. The fourth-order valence-corrected chi connectivity index (χ4v) is 5.35. The summed E-state index contributed by atoms with van der Waals surface area (Å²) in [6.45, 7) is 2.76. The molecule has 2 aliphatic rings. The summed E-state index contributed by atoms with van der Waals surface area (Å²) in [6.07, 6.45) is 4.96. The van der Waals surface area contributed by atoms with Crippen LogP contribution in [0.3, 0.4) is 0 Å². The van der Waals surface area contributed by atoms with Gasteiger partial charge in [0.25, 0.3) is 5.91 Å². The monoisotopic (exact) mass is 532 g/mol. The molecule has 0 bridgehead atoms. The van der Waals surface area contributed by atoms with Crippen molar-refractivity contribution in [2.75, 3.05) is 13.2 Å². The lowest BCUT2D eigenvalue weighted by molar-refractivity contribution is -0.145. The van der Waals surface area contributed by atoms with Crippen LogP contribution in [-0.4, -0.2) is 40.2 Å². The molecule has 1 amide bonds. The smallest absolute Gasteiger partial charge is 0.451 e. The fourth-order valence-electron chi connectivity index (χ4n) is 4.27. The van der Waals surface area contributed by atoms with E-state index in [1.165, 1.54) is 24.1 Å². The summed E-state index contributed by atoms with van der Waals surface area (Å²) in [5.41, 5.74) is 1.49. The summed E-state index contributed by atoms with van der Waals surface area (Å²) in [6, 6.07) is 4.68. The SMILES string of the molecule is C[C@@H](NC(=O)c1cc(OC[C@H]2CCCO2)cc(-c2ncc(C3CCC3)s2)c1)c1cnc(C(F)(F)F)nc1. The van der Waals surface area contributed by atoms with Crippen molar-refractivity contribution in [3.05, 3.63) is 58.6 Å². The third kappa shape index (κ3) is 6.10. The van der Waals surface area contributed by atoms with Crippen LogP contribution >= 0.6 is 11.3 Å². The first-order chi connectivity index (χ1) is 17.8. The van der Waals surface area contributed by atoms with Gasteiger partial charge in [0.2, 0.25) is 5.82 Å². The second kappa shape index (κ2) is 10.7. The number of rotatable bonds is 8. The molecule has 0 unspecified atom stereocenters. The summed E-state index contributed by atoms with van der Waals surface area (Å²) >= 11 is 1.62. The van der Waals surface area contributed by atoms with Crippen molar-refractivity contribution >= 4 is 17.2 Å². The zero-order chi connectivity index (χ0) is 26.0. The quantitative estimate of drug-likeness (QED) is 0.387. The van der Waals surface area contributed by atoms with Crippen molar-refractivity contribution in [1.29, 1.82) is 0 Å². The maximum absolute atomic E-state index is 13.2. The molecule has 5 rings (SSSR count). The molecule has 2 fully saturated rings. The number of thiazole rings is 1. The van der Waals surface area contributed by atoms with Crippen LogP contribution in [0.15, 0.2) is 36.8 Å². The molecular weight excluding hydrogens is 505 g/mol. The molecule has 1 aromatic carbocycles. The van der Waals surface area contributed by atoms with Crippen LogP contribution < -0.4 is 10.1 Å². The second-order valence-corrected chi connectivity index (χ2v) is 10.5. The number of alkyl halides is 3. The molecule has 2 aromatic heterocycles. The zero-order valence-electron chi connectivity index (χ0n) is 20.3. The Balaban J connectivity index is 1.35. The third-order valence-electron chi connectivity index (χ3n) is 6.68. The number of amides is 1. The third-order valence-corrected chi connectivity index (χ3v) is 7.89. The van der Waals surface area contributed by atoms with E-state index in [1.807, 2.05) is 12.3 Å². The minimum atomic E-state index is -4.63. The van der Waals surface area contributed by atoms with Crippen molar-refractivity contribution in [2.24, 2.45) is 0 Å². The molecule has 1 N–H and O–H groups in total. The van der Waals surface area contributed by atoms with Gasteiger partial charge in [-0.2, -0.15) is 13.2 Å². The Morgan fingerprint density at radius 2 is 1.92 bits per heavy atom. The maximum atomic E-state index is 13.2. The van der Waals surface area contributed by atoms with Gasteiger partial charge in [-0.15, -0.1) is 11.3 Å². The first-order valence-electron chi connectivity index (χ1n) is 12.3. The van der Waals surface area contributed by atoms with Gasteiger partial charge in [-0.05, 0) is 56.7 Å². The largest absolute Gasteiger partial charge is 0.491 e. The Hall–Kier alpha value is -3.05. The van der Waals surface area contributed by atoms with Crippen molar-refractivity contribution in [3.8, 4) is 16.3 Å². The molecule has 7 nitrogen and oxygen atoms in total. The standard InChI is InChI=1S/C26H27F3N4O3S/c1-15(19-11-31-25(32-12-19)26(27,28)29)33-23(34)17-8-18(24-30-13-22(37-24)16-4-2-5-16)10-21(9-17)36-14-20-6-3-7-35-20/h8-13,15-16,20H,2-7,14H2,1H3,(H,33,34)/t15-,20-/m1/s1. The van der Waals surface area contributed by atoms with Crippen LogP contribution in [0, 0.1) is 0 Å². The van der Waals surface area contributed by atoms with Crippen LogP contribution in [0.5, 0.6) is 5.75 Å². The molecular formula is C26H27F3N4O3S. The second-order valence-electron chi connectivity index (χ2n) is 9.42. The number of carbonyl (C=O) groups is 1. The molecule has 0 radical (unpaired) electrons. The minimum Gasteiger partial charge on any atom is -0.491 e. The van der Waals surface area contributed by atoms with Crippen LogP contribution in [0.25, 0.3) is 10.6 Å². The van der Waals surface area contributed by atoms with E-state index < -0.39 is 23.9 Å². The lowest BCUT2D eigenvalue weighted by Crippen LogP contribution is -2.27. The highest BCUT2D eigenvalue weighted by Gasteiger charge is 2.34. The molecule has 1 aliphatic carbocycles. The number of benzene rings is 1. The van der Waals surface area contributed by atoms with Crippen molar-refractivity contribution in [3.63, 3.8) is 0 Å². The molecule has 3 heterocycles. The van der Waals surface area contributed by atoms with E-state index in [0.29, 0.717) is 29.4 Å². The predicted octanol–water partition coefficient (Wildman–Crippen LogP) is 5.94. The van der Waals surface area contributed by atoms with E-state index in [9.17, 15) is 18.0 Å². The predicted molar refractivity (Wildman–Crippen MR) is 132 cm³/mol. The molecule has 3 aromatic rings. The van der Waals surface area contributed by atoms with E-state index in [0.717, 1.165) is 42.4 Å². The Labute approximate surface area is 216 Å². The number of hydrogen-bond acceptors (Lipinski definition) is 7. The van der Waals surface area contributed by atoms with Crippen LogP contribution in [0.4, 0.5) is 13.2 Å². The zero-order valence-corrected chi connectivity index (χ0v) is 21.1. The Morgan fingerprint density at radius 3 is 2.57 bits per heavy atom. The van der Waals surface area contributed by atoms with Gasteiger partial charge in [0, 0.05) is 46.8 Å². The number of hydrogen-bond donors (Lipinski definition) is 1. The van der Waals surface area contributed by atoms with Crippen molar-refractivity contribution in [1.82, 2.24) is 20.3 Å². The molecule has 11 heteroatoms. The first-order valence-corrected chi connectivity index (χ1v) is 13.1. The lowest BCUT2D eigenvalue weighted by Gasteiger charge is -2.23. The molecule has 2 atom stereocenters. The summed E-state index contributed by atoms with van der Waals surface area (Å²) in [5, 5.41) is 3.63. The highest BCUT2D eigenvalue weighted by atomic mass is 32.1. The first kappa shape index (κ1) is 25.6. The average molecular weight is 533 g/mol. The summed E-state index contributed by atoms with van der Waals surface area (Å²) in [5.74, 6) is -0.531. The number of carbonyl (C=O) groups excluding carboxylic acids is 1. The van der Waals surface area contributed by atoms with Gasteiger partial charge in [-0.1, -0.05) is 6.42 Å². The number of halogens is 3. The van der Waals surface area contributed by atoms with E-state index in [1.54, 1.807) is 30.4 Å². The van der Waals surface area contributed by atoms with Gasteiger partial charge in [-0.3, -0.25) is 4.79 Å². The van der Waals surface area contributed by atoms with Crippen LogP contribution in [0.1, 0.15) is 77.6 Å². The topological polar surface area (TPSA) is 86.2 Å². The number of ether oxygens (including phenoxy) is 2.